The van der Waals surface area contributed by atoms with Gasteiger partial charge in [0.1, 0.15) is 0 Å². The van der Waals surface area contributed by atoms with Crippen LogP contribution in [0, 0.1) is 0 Å². The molecule has 1 aliphatic rings. The van der Waals surface area contributed by atoms with E-state index in [9.17, 15) is 9.90 Å². The average molecular weight is 409 g/mol. The lowest BCUT2D eigenvalue weighted by atomic mass is 9.84. The van der Waals surface area contributed by atoms with Gasteiger partial charge in [0.2, 0.25) is 0 Å². The number of aromatic nitrogens is 1. The summed E-state index contributed by atoms with van der Waals surface area (Å²) in [6.45, 7) is 2.41. The maximum Gasteiger partial charge on any atom is 0.252 e. The highest BCUT2D eigenvalue weighted by Crippen LogP contribution is 2.44. The Morgan fingerprint density at radius 1 is 1.42 bits per heavy atom. The molecule has 24 heavy (non-hydrogen) atoms. The van der Waals surface area contributed by atoms with E-state index < -0.39 is 6.10 Å². The second-order valence-corrected chi connectivity index (χ2v) is 8.47. The Morgan fingerprint density at radius 2 is 2.17 bits per heavy atom. The smallest absolute Gasteiger partial charge is 0.252 e. The van der Waals surface area contributed by atoms with Crippen LogP contribution in [0.25, 0.3) is 0 Å². The number of hydrogen-bond donors (Lipinski definition) is 2. The van der Waals surface area contributed by atoms with Crippen LogP contribution in [0.2, 0.25) is 0 Å². The summed E-state index contributed by atoms with van der Waals surface area (Å²) in [7, 11) is 0. The van der Waals surface area contributed by atoms with E-state index in [1.807, 2.05) is 6.07 Å². The lowest BCUT2D eigenvalue weighted by molar-refractivity contribution is 0.0943. The minimum Gasteiger partial charge on any atom is -0.388 e. The van der Waals surface area contributed by atoms with Gasteiger partial charge in [-0.05, 0) is 53.9 Å². The molecular weight excluding hydrogens is 388 g/mol. The van der Waals surface area contributed by atoms with Crippen LogP contribution in [-0.2, 0) is 5.41 Å². The first-order valence-electron chi connectivity index (χ1n) is 8.17. The molecule has 1 amide bonds. The van der Waals surface area contributed by atoms with Crippen molar-refractivity contribution in [3.8, 4) is 0 Å². The number of nitrogens with zero attached hydrogens (tertiary/aromatic N) is 1. The molecule has 128 valence electrons. The predicted molar refractivity (Wildman–Crippen MR) is 99.4 cm³/mol. The number of nitrogens with one attached hydrogen (secondary N) is 1. The topological polar surface area (TPSA) is 62.2 Å². The SMILES string of the molecule is CC(O)c1ccc(C2(CNC(=O)c3cncc(Br)c3)CCCC2)s1. The molecular formula is C18H21BrN2O2S. The van der Waals surface area contributed by atoms with Crippen molar-refractivity contribution in [3.63, 3.8) is 0 Å². The second kappa shape index (κ2) is 7.33. The Morgan fingerprint density at radius 3 is 2.79 bits per heavy atom. The van der Waals surface area contributed by atoms with Crippen LogP contribution in [0.4, 0.5) is 0 Å². The van der Waals surface area contributed by atoms with Crippen molar-refractivity contribution in [2.24, 2.45) is 0 Å². The van der Waals surface area contributed by atoms with E-state index >= 15 is 0 Å². The second-order valence-electron chi connectivity index (χ2n) is 6.44. The summed E-state index contributed by atoms with van der Waals surface area (Å²) in [6.07, 6.45) is 7.31. The molecule has 0 bridgehead atoms. The third kappa shape index (κ3) is 3.71. The number of rotatable bonds is 5. The van der Waals surface area contributed by atoms with Crippen molar-refractivity contribution in [1.29, 1.82) is 0 Å². The van der Waals surface area contributed by atoms with Crippen molar-refractivity contribution < 1.29 is 9.90 Å². The average Bonchev–Trinajstić information content (AvgIpc) is 3.22. The van der Waals surface area contributed by atoms with Crippen molar-refractivity contribution in [2.45, 2.75) is 44.1 Å². The number of carbonyl (C=O) groups is 1. The summed E-state index contributed by atoms with van der Waals surface area (Å²) in [5.41, 5.74) is 0.556. The van der Waals surface area contributed by atoms with Gasteiger partial charge in [-0.2, -0.15) is 0 Å². The van der Waals surface area contributed by atoms with Gasteiger partial charge in [-0.25, -0.2) is 0 Å². The number of hydrogen-bond acceptors (Lipinski definition) is 4. The van der Waals surface area contributed by atoms with Gasteiger partial charge in [0.15, 0.2) is 0 Å². The number of aliphatic hydroxyl groups excluding tert-OH is 1. The predicted octanol–water partition coefficient (Wildman–Crippen LogP) is 4.20. The number of aliphatic hydroxyl groups is 1. The summed E-state index contributed by atoms with van der Waals surface area (Å²) >= 11 is 5.01. The van der Waals surface area contributed by atoms with Crippen LogP contribution in [-0.4, -0.2) is 22.5 Å². The maximum atomic E-state index is 12.4. The molecule has 2 N–H and O–H groups in total. The van der Waals surface area contributed by atoms with Crippen LogP contribution < -0.4 is 5.32 Å². The molecule has 0 saturated heterocycles. The van der Waals surface area contributed by atoms with Crippen LogP contribution in [0.15, 0.2) is 35.1 Å². The van der Waals surface area contributed by atoms with Gasteiger partial charge in [-0.1, -0.05) is 12.8 Å². The zero-order valence-electron chi connectivity index (χ0n) is 13.6. The van der Waals surface area contributed by atoms with E-state index in [0.717, 1.165) is 22.2 Å². The van der Waals surface area contributed by atoms with Crippen LogP contribution in [0.5, 0.6) is 0 Å². The van der Waals surface area contributed by atoms with Gasteiger partial charge in [0.05, 0.1) is 11.7 Å². The maximum absolute atomic E-state index is 12.4. The van der Waals surface area contributed by atoms with Gasteiger partial charge in [-0.3, -0.25) is 9.78 Å². The molecule has 1 atom stereocenters. The van der Waals surface area contributed by atoms with Crippen LogP contribution in [0.1, 0.15) is 58.8 Å². The van der Waals surface area contributed by atoms with Crippen molar-refractivity contribution in [3.05, 3.63) is 50.4 Å². The Balaban J connectivity index is 1.75. The molecule has 1 saturated carbocycles. The molecule has 0 aliphatic heterocycles. The first-order chi connectivity index (χ1) is 11.5. The molecule has 2 aromatic rings. The van der Waals surface area contributed by atoms with E-state index in [4.69, 9.17) is 0 Å². The van der Waals surface area contributed by atoms with Gasteiger partial charge in [0.25, 0.3) is 5.91 Å². The first kappa shape index (κ1) is 17.6. The molecule has 0 aromatic carbocycles. The number of pyridine rings is 1. The highest BCUT2D eigenvalue weighted by atomic mass is 79.9. The molecule has 0 radical (unpaired) electrons. The molecule has 4 nitrogen and oxygen atoms in total. The number of amides is 1. The Bertz CT molecular complexity index is 723. The fourth-order valence-corrected chi connectivity index (χ4v) is 4.87. The van der Waals surface area contributed by atoms with Crippen molar-refractivity contribution >= 4 is 33.2 Å². The number of carbonyl (C=O) groups excluding carboxylic acids is 1. The zero-order valence-corrected chi connectivity index (χ0v) is 16.0. The Labute approximate surface area is 154 Å². The normalized spacial score (nSPS) is 17.6. The largest absolute Gasteiger partial charge is 0.388 e. The molecule has 1 unspecified atom stereocenters. The molecule has 3 rings (SSSR count). The lowest BCUT2D eigenvalue weighted by Crippen LogP contribution is -2.38. The summed E-state index contributed by atoms with van der Waals surface area (Å²) in [5, 5.41) is 12.9. The van der Waals surface area contributed by atoms with Crippen LogP contribution in [0.3, 0.4) is 0 Å². The van der Waals surface area contributed by atoms with Gasteiger partial charge in [0, 0.05) is 38.6 Å². The molecule has 0 spiro atoms. The quantitative estimate of drug-likeness (QED) is 0.778. The Kier molecular flexibility index (Phi) is 5.37. The number of thiophene rings is 1. The molecule has 1 fully saturated rings. The fraction of sp³-hybridized carbons (Fsp3) is 0.444. The lowest BCUT2D eigenvalue weighted by Gasteiger charge is -2.28. The highest BCUT2D eigenvalue weighted by Gasteiger charge is 2.37. The van der Waals surface area contributed by atoms with E-state index in [1.165, 1.54) is 17.7 Å². The fourth-order valence-electron chi connectivity index (χ4n) is 3.31. The van der Waals surface area contributed by atoms with E-state index in [2.05, 4.69) is 32.3 Å². The minimum absolute atomic E-state index is 0.00704. The van der Waals surface area contributed by atoms with Crippen molar-refractivity contribution in [2.75, 3.05) is 6.54 Å². The molecule has 2 aromatic heterocycles. The monoisotopic (exact) mass is 408 g/mol. The standard InChI is InChI=1S/C18H21BrN2O2S/c1-12(22)15-4-5-16(24-15)18(6-2-3-7-18)11-21-17(23)13-8-14(19)10-20-9-13/h4-5,8-10,12,22H,2-3,6-7,11H2,1H3,(H,21,23). The van der Waals surface area contributed by atoms with Gasteiger partial charge in [-0.15, -0.1) is 11.3 Å². The number of halogens is 1. The third-order valence-corrected chi connectivity index (χ3v) is 6.61. The summed E-state index contributed by atoms with van der Waals surface area (Å²) in [5.74, 6) is -0.0950. The zero-order chi connectivity index (χ0) is 17.2. The van der Waals surface area contributed by atoms with Crippen LogP contribution >= 0.6 is 27.3 Å². The third-order valence-electron chi connectivity index (χ3n) is 4.68. The Hall–Kier alpha value is -1.24. The van der Waals surface area contributed by atoms with Crippen molar-refractivity contribution in [1.82, 2.24) is 10.3 Å². The molecule has 2 heterocycles. The van der Waals surface area contributed by atoms with Gasteiger partial charge >= 0.3 is 0 Å². The van der Waals surface area contributed by atoms with E-state index in [1.54, 1.807) is 36.7 Å². The van der Waals surface area contributed by atoms with E-state index in [-0.39, 0.29) is 11.3 Å². The molecule has 1 aliphatic carbocycles. The van der Waals surface area contributed by atoms with E-state index in [0.29, 0.717) is 12.1 Å². The van der Waals surface area contributed by atoms with Gasteiger partial charge < -0.3 is 10.4 Å². The minimum atomic E-state index is -0.440. The highest BCUT2D eigenvalue weighted by molar-refractivity contribution is 9.10. The summed E-state index contributed by atoms with van der Waals surface area (Å²) in [4.78, 5) is 18.7. The molecule has 6 heteroatoms. The summed E-state index contributed by atoms with van der Waals surface area (Å²) in [6, 6.07) is 5.90. The first-order valence-corrected chi connectivity index (χ1v) is 9.78. The summed E-state index contributed by atoms with van der Waals surface area (Å²) < 4.78 is 0.797.